The van der Waals surface area contributed by atoms with Gasteiger partial charge in [0.1, 0.15) is 0 Å². The number of carbonyl (C=O) groups excluding carboxylic acids is 2. The topological polar surface area (TPSA) is 49.4 Å². The van der Waals surface area contributed by atoms with E-state index in [1.165, 1.54) is 5.56 Å². The third kappa shape index (κ3) is 4.32. The molecule has 0 saturated heterocycles. The number of thiophene rings is 1. The van der Waals surface area contributed by atoms with Crippen LogP contribution in [0, 0.1) is 0 Å². The van der Waals surface area contributed by atoms with E-state index < -0.39 is 5.91 Å². The number of hydrogen-bond donors (Lipinski definition) is 1. The van der Waals surface area contributed by atoms with Crippen LogP contribution >= 0.6 is 46.1 Å². The van der Waals surface area contributed by atoms with Gasteiger partial charge < -0.3 is 10.2 Å². The Hall–Kier alpha value is -2.83. The first-order valence-corrected chi connectivity index (χ1v) is 12.4. The summed E-state index contributed by atoms with van der Waals surface area (Å²) < 4.78 is 0. The van der Waals surface area contributed by atoms with Crippen LogP contribution in [0.3, 0.4) is 0 Å². The van der Waals surface area contributed by atoms with Crippen molar-refractivity contribution < 1.29 is 9.59 Å². The lowest BCUT2D eigenvalue weighted by molar-refractivity contribution is 0.0984. The van der Waals surface area contributed by atoms with Crippen molar-refractivity contribution in [3.8, 4) is 0 Å². The third-order valence-electron chi connectivity index (χ3n) is 5.70. The predicted molar refractivity (Wildman–Crippen MR) is 140 cm³/mol. The number of para-hydroxylation sites is 1. The van der Waals surface area contributed by atoms with E-state index in [0.29, 0.717) is 22.8 Å². The van der Waals surface area contributed by atoms with Crippen LogP contribution in [0.25, 0.3) is 0 Å². The Kier molecular flexibility index (Phi) is 6.36. The Balaban J connectivity index is 1.43. The van der Waals surface area contributed by atoms with Crippen molar-refractivity contribution in [2.75, 3.05) is 10.2 Å². The molecule has 0 bridgehead atoms. The minimum absolute atomic E-state index is 0.173. The molecule has 0 fully saturated rings. The van der Waals surface area contributed by atoms with Crippen LogP contribution < -0.4 is 10.2 Å². The summed E-state index contributed by atoms with van der Waals surface area (Å²) in [4.78, 5) is 29.2. The highest BCUT2D eigenvalue weighted by Crippen LogP contribution is 2.35. The van der Waals surface area contributed by atoms with E-state index in [4.69, 9.17) is 34.8 Å². The lowest BCUT2D eigenvalue weighted by Gasteiger charge is -2.23. The number of amides is 2. The Labute approximate surface area is 215 Å². The van der Waals surface area contributed by atoms with Crippen molar-refractivity contribution in [1.29, 1.82) is 0 Å². The molecular weight excluding hydrogens is 511 g/mol. The minimum atomic E-state index is -0.422. The Morgan fingerprint density at radius 1 is 0.853 bits per heavy atom. The second kappa shape index (κ2) is 9.43. The molecule has 1 N–H and O–H groups in total. The lowest BCUT2D eigenvalue weighted by Crippen LogP contribution is -2.30. The van der Waals surface area contributed by atoms with Gasteiger partial charge in [-0.2, -0.15) is 0 Å². The molecular formula is C26H17Cl3N2O2S. The maximum atomic E-state index is 13.6. The summed E-state index contributed by atoms with van der Waals surface area (Å²) in [6, 6.07) is 19.7. The molecule has 1 aliphatic heterocycles. The molecule has 2 amide bonds. The number of anilines is 2. The smallest absolute Gasteiger partial charge is 0.260 e. The fourth-order valence-electron chi connectivity index (χ4n) is 3.99. The fraction of sp³-hybridized carbons (Fsp3) is 0.0769. The second-order valence-electron chi connectivity index (χ2n) is 7.82. The first kappa shape index (κ1) is 22.9. The van der Waals surface area contributed by atoms with Gasteiger partial charge in [0.15, 0.2) is 0 Å². The highest BCUT2D eigenvalue weighted by atomic mass is 35.5. The van der Waals surface area contributed by atoms with Crippen molar-refractivity contribution in [1.82, 2.24) is 0 Å². The van der Waals surface area contributed by atoms with Crippen molar-refractivity contribution in [3.05, 3.63) is 114 Å². The number of nitrogens with one attached hydrogen (secondary N) is 1. The molecule has 0 spiro atoms. The molecule has 0 radical (unpaired) electrons. The van der Waals surface area contributed by atoms with Gasteiger partial charge in [0.25, 0.3) is 11.8 Å². The molecule has 8 heteroatoms. The molecule has 5 rings (SSSR count). The lowest BCUT2D eigenvalue weighted by atomic mass is 10.1. The van der Waals surface area contributed by atoms with Crippen LogP contribution in [-0.4, -0.2) is 11.8 Å². The van der Waals surface area contributed by atoms with Crippen molar-refractivity contribution in [2.24, 2.45) is 0 Å². The number of halogens is 3. The van der Waals surface area contributed by atoms with E-state index in [1.807, 2.05) is 24.3 Å². The molecule has 0 saturated carbocycles. The molecule has 4 aromatic rings. The summed E-state index contributed by atoms with van der Waals surface area (Å²) in [7, 11) is 0. The molecule has 170 valence electrons. The largest absolute Gasteiger partial charge is 0.322 e. The number of nitrogens with zero attached hydrogens (tertiary/aromatic N) is 1. The highest BCUT2D eigenvalue weighted by molar-refractivity contribution is 7.10. The van der Waals surface area contributed by atoms with Gasteiger partial charge in [0, 0.05) is 22.7 Å². The normalized spacial score (nSPS) is 12.5. The maximum absolute atomic E-state index is 13.6. The van der Waals surface area contributed by atoms with E-state index >= 15 is 0 Å². The van der Waals surface area contributed by atoms with E-state index in [2.05, 4.69) is 16.8 Å². The standard InChI is InChI=1S/C26H17Cl3N2O2S/c27-20-6-3-5-19(24(20)29)25(32)30-17-8-9-18(21(28)13-17)26(33)31-14-23-16(10-11-34-23)12-15-4-1-2-7-22(15)31/h1-11,13H,12,14H2,(H,30,32). The van der Waals surface area contributed by atoms with Gasteiger partial charge in [-0.15, -0.1) is 11.3 Å². The quantitative estimate of drug-likeness (QED) is 0.297. The van der Waals surface area contributed by atoms with Gasteiger partial charge in [-0.1, -0.05) is 59.1 Å². The number of fused-ring (bicyclic) bond motifs is 2. The first-order valence-electron chi connectivity index (χ1n) is 10.4. The third-order valence-corrected chi connectivity index (χ3v) is 7.78. The number of benzene rings is 3. The Morgan fingerprint density at radius 3 is 2.50 bits per heavy atom. The summed E-state index contributed by atoms with van der Waals surface area (Å²) in [5.41, 5.74) is 4.25. The van der Waals surface area contributed by atoms with Gasteiger partial charge in [0.05, 0.1) is 32.7 Å². The number of rotatable bonds is 3. The van der Waals surface area contributed by atoms with Gasteiger partial charge >= 0.3 is 0 Å². The maximum Gasteiger partial charge on any atom is 0.260 e. The average Bonchev–Trinajstić information content (AvgIpc) is 3.19. The van der Waals surface area contributed by atoms with Crippen LogP contribution in [0.2, 0.25) is 15.1 Å². The van der Waals surface area contributed by atoms with Crippen LogP contribution in [0.1, 0.15) is 36.7 Å². The summed E-state index contributed by atoms with van der Waals surface area (Å²) >= 11 is 20.3. The zero-order chi connectivity index (χ0) is 23.8. The van der Waals surface area contributed by atoms with E-state index in [9.17, 15) is 9.59 Å². The fourth-order valence-corrected chi connectivity index (χ4v) is 5.53. The molecule has 34 heavy (non-hydrogen) atoms. The molecule has 4 nitrogen and oxygen atoms in total. The summed E-state index contributed by atoms with van der Waals surface area (Å²) in [5, 5.41) is 5.52. The zero-order valence-electron chi connectivity index (χ0n) is 17.6. The van der Waals surface area contributed by atoms with E-state index in [0.717, 1.165) is 22.5 Å². The van der Waals surface area contributed by atoms with Gasteiger partial charge in [-0.3, -0.25) is 9.59 Å². The van der Waals surface area contributed by atoms with Gasteiger partial charge in [-0.05, 0) is 59.0 Å². The summed E-state index contributed by atoms with van der Waals surface area (Å²) in [6.45, 7) is 0.477. The molecule has 0 aliphatic carbocycles. The van der Waals surface area contributed by atoms with E-state index in [-0.39, 0.29) is 21.5 Å². The molecule has 1 aliphatic rings. The van der Waals surface area contributed by atoms with Crippen molar-refractivity contribution in [3.63, 3.8) is 0 Å². The van der Waals surface area contributed by atoms with Crippen molar-refractivity contribution >= 4 is 69.3 Å². The predicted octanol–water partition coefficient (Wildman–Crippen LogP) is 7.71. The van der Waals surface area contributed by atoms with Crippen LogP contribution in [0.4, 0.5) is 11.4 Å². The second-order valence-corrected chi connectivity index (χ2v) is 10.0. The van der Waals surface area contributed by atoms with Crippen LogP contribution in [-0.2, 0) is 13.0 Å². The Morgan fingerprint density at radius 2 is 1.68 bits per heavy atom. The SMILES string of the molecule is O=C(Nc1ccc(C(=O)N2Cc3sccc3Cc3ccccc32)c(Cl)c1)c1cccc(Cl)c1Cl. The molecule has 2 heterocycles. The zero-order valence-corrected chi connectivity index (χ0v) is 20.7. The van der Waals surface area contributed by atoms with Crippen molar-refractivity contribution in [2.45, 2.75) is 13.0 Å². The first-order chi connectivity index (χ1) is 16.4. The van der Waals surface area contributed by atoms with Gasteiger partial charge in [-0.25, -0.2) is 0 Å². The van der Waals surface area contributed by atoms with E-state index in [1.54, 1.807) is 52.6 Å². The molecule has 0 atom stereocenters. The summed E-state index contributed by atoms with van der Waals surface area (Å²) in [6.07, 6.45) is 0.781. The van der Waals surface area contributed by atoms with Gasteiger partial charge in [0.2, 0.25) is 0 Å². The van der Waals surface area contributed by atoms with Crippen LogP contribution in [0.15, 0.2) is 72.1 Å². The monoisotopic (exact) mass is 526 g/mol. The average molecular weight is 528 g/mol. The summed E-state index contributed by atoms with van der Waals surface area (Å²) in [5.74, 6) is -0.622. The minimum Gasteiger partial charge on any atom is -0.322 e. The number of carbonyl (C=O) groups is 2. The molecule has 3 aromatic carbocycles. The Bertz CT molecular complexity index is 1430. The molecule has 0 unspecified atom stereocenters. The molecule has 1 aromatic heterocycles. The number of hydrogen-bond acceptors (Lipinski definition) is 3. The van der Waals surface area contributed by atoms with Crippen LogP contribution in [0.5, 0.6) is 0 Å². The highest BCUT2D eigenvalue weighted by Gasteiger charge is 2.27.